The van der Waals surface area contributed by atoms with Crippen LogP contribution in [0, 0.1) is 0 Å². The number of halogens is 3. The van der Waals surface area contributed by atoms with Gasteiger partial charge in [-0.1, -0.05) is 30.3 Å². The fourth-order valence-corrected chi connectivity index (χ4v) is 2.32. The third-order valence-corrected chi connectivity index (χ3v) is 3.30. The molecular weight excluding hydrogens is 279 g/mol. The van der Waals surface area contributed by atoms with Crippen molar-refractivity contribution in [3.8, 4) is 11.4 Å². The van der Waals surface area contributed by atoms with E-state index in [1.807, 2.05) is 6.07 Å². The number of alkyl halides is 3. The Bertz CT molecular complexity index is 790. The number of benzene rings is 2. The smallest absolute Gasteiger partial charge is 0.338 e. The summed E-state index contributed by atoms with van der Waals surface area (Å²) in [6.07, 6.45) is -4.42. The fourth-order valence-electron chi connectivity index (χ4n) is 2.32. The first-order valence-corrected chi connectivity index (χ1v) is 6.35. The van der Waals surface area contributed by atoms with Crippen molar-refractivity contribution in [2.45, 2.75) is 12.7 Å². The van der Waals surface area contributed by atoms with E-state index in [1.54, 1.807) is 18.2 Å². The number of nitrogens with two attached hydrogens (primary N) is 1. The zero-order chi connectivity index (χ0) is 15.0. The molecule has 0 radical (unpaired) electrons. The van der Waals surface area contributed by atoms with Crippen molar-refractivity contribution in [1.82, 2.24) is 9.97 Å². The molecule has 0 amide bonds. The monoisotopic (exact) mass is 291 g/mol. The normalized spacial score (nSPS) is 12.0. The minimum absolute atomic E-state index is 0.0316. The van der Waals surface area contributed by atoms with Crippen LogP contribution in [0.4, 0.5) is 13.2 Å². The van der Waals surface area contributed by atoms with Crippen molar-refractivity contribution in [3.63, 3.8) is 0 Å². The number of aromatic amines is 1. The van der Waals surface area contributed by atoms with Crippen molar-refractivity contribution in [1.29, 1.82) is 0 Å². The van der Waals surface area contributed by atoms with E-state index in [9.17, 15) is 13.2 Å². The number of nitrogens with zero attached hydrogens (tertiary/aromatic N) is 1. The maximum absolute atomic E-state index is 13.1. The largest absolute Gasteiger partial charge is 0.417 e. The molecule has 108 valence electrons. The molecule has 3 rings (SSSR count). The Balaban J connectivity index is 2.22. The van der Waals surface area contributed by atoms with Gasteiger partial charge in [-0.25, -0.2) is 4.98 Å². The number of hydrogen-bond donors (Lipinski definition) is 2. The van der Waals surface area contributed by atoms with Gasteiger partial charge in [-0.2, -0.15) is 13.2 Å². The lowest BCUT2D eigenvalue weighted by Gasteiger charge is -2.10. The average molecular weight is 291 g/mol. The van der Waals surface area contributed by atoms with Crippen LogP contribution in [-0.2, 0) is 12.7 Å². The van der Waals surface area contributed by atoms with E-state index in [-0.39, 0.29) is 17.9 Å². The summed E-state index contributed by atoms with van der Waals surface area (Å²) in [6.45, 7) is 0.280. The Kier molecular flexibility index (Phi) is 3.17. The van der Waals surface area contributed by atoms with Crippen molar-refractivity contribution in [2.24, 2.45) is 5.73 Å². The maximum atomic E-state index is 13.1. The first-order chi connectivity index (χ1) is 10.0. The number of hydrogen-bond acceptors (Lipinski definition) is 2. The molecule has 6 heteroatoms. The highest BCUT2D eigenvalue weighted by Crippen LogP contribution is 2.36. The second kappa shape index (κ2) is 4.89. The molecule has 0 atom stereocenters. The first kappa shape index (κ1) is 13.6. The predicted molar refractivity (Wildman–Crippen MR) is 74.4 cm³/mol. The molecule has 3 N–H and O–H groups in total. The maximum Gasteiger partial charge on any atom is 0.417 e. The van der Waals surface area contributed by atoms with Crippen LogP contribution in [-0.4, -0.2) is 9.97 Å². The zero-order valence-corrected chi connectivity index (χ0v) is 10.9. The van der Waals surface area contributed by atoms with Gasteiger partial charge < -0.3 is 10.7 Å². The quantitative estimate of drug-likeness (QED) is 0.756. The SMILES string of the molecule is NCc1cccc2[nH]c(-c3ccccc3C(F)(F)F)nc12. The lowest BCUT2D eigenvalue weighted by atomic mass is 10.1. The van der Waals surface area contributed by atoms with E-state index >= 15 is 0 Å². The molecule has 3 aromatic rings. The summed E-state index contributed by atoms with van der Waals surface area (Å²) in [7, 11) is 0. The first-order valence-electron chi connectivity index (χ1n) is 6.35. The highest BCUT2D eigenvalue weighted by atomic mass is 19.4. The van der Waals surface area contributed by atoms with Crippen LogP contribution in [0.15, 0.2) is 42.5 Å². The van der Waals surface area contributed by atoms with Crippen molar-refractivity contribution >= 4 is 11.0 Å². The Morgan fingerprint density at radius 2 is 1.81 bits per heavy atom. The Hall–Kier alpha value is -2.34. The van der Waals surface area contributed by atoms with Gasteiger partial charge in [0.25, 0.3) is 0 Å². The van der Waals surface area contributed by atoms with Crippen LogP contribution < -0.4 is 5.73 Å². The topological polar surface area (TPSA) is 54.7 Å². The Morgan fingerprint density at radius 3 is 2.52 bits per heavy atom. The Morgan fingerprint density at radius 1 is 1.05 bits per heavy atom. The number of imidazole rings is 1. The zero-order valence-electron chi connectivity index (χ0n) is 10.9. The molecule has 0 aliphatic heterocycles. The van der Waals surface area contributed by atoms with Crippen LogP contribution >= 0.6 is 0 Å². The Labute approximate surface area is 118 Å². The third-order valence-electron chi connectivity index (χ3n) is 3.30. The molecule has 21 heavy (non-hydrogen) atoms. The summed E-state index contributed by atoms with van der Waals surface area (Å²) in [5.41, 5.74) is 7.02. The number of fused-ring (bicyclic) bond motifs is 1. The van der Waals surface area contributed by atoms with Crippen LogP contribution in [0.2, 0.25) is 0 Å². The number of para-hydroxylation sites is 1. The van der Waals surface area contributed by atoms with Crippen LogP contribution in [0.5, 0.6) is 0 Å². The molecule has 0 spiro atoms. The van der Waals surface area contributed by atoms with E-state index in [1.165, 1.54) is 12.1 Å². The summed E-state index contributed by atoms with van der Waals surface area (Å²) >= 11 is 0. The van der Waals surface area contributed by atoms with Gasteiger partial charge in [0, 0.05) is 12.1 Å². The second-order valence-electron chi connectivity index (χ2n) is 4.65. The molecule has 0 bridgehead atoms. The number of aromatic nitrogens is 2. The molecule has 1 heterocycles. The number of nitrogens with one attached hydrogen (secondary N) is 1. The standard InChI is InChI=1S/C15H12F3N3/c16-15(17,18)11-6-2-1-5-10(11)14-20-12-7-3-4-9(8-19)13(12)21-14/h1-7H,8,19H2,(H,20,21). The van der Waals surface area contributed by atoms with Gasteiger partial charge in [-0.15, -0.1) is 0 Å². The summed E-state index contributed by atoms with van der Waals surface area (Å²) in [4.78, 5) is 7.22. The van der Waals surface area contributed by atoms with Crippen LogP contribution in [0.25, 0.3) is 22.4 Å². The molecular formula is C15H12F3N3. The van der Waals surface area contributed by atoms with Gasteiger partial charge in [0.05, 0.1) is 16.6 Å². The van der Waals surface area contributed by atoms with Gasteiger partial charge in [0.1, 0.15) is 5.82 Å². The molecule has 2 aromatic carbocycles. The molecule has 0 saturated carbocycles. The van der Waals surface area contributed by atoms with E-state index in [0.29, 0.717) is 11.0 Å². The average Bonchev–Trinajstić information content (AvgIpc) is 2.90. The van der Waals surface area contributed by atoms with Crippen LogP contribution in [0.1, 0.15) is 11.1 Å². The van der Waals surface area contributed by atoms with E-state index < -0.39 is 11.7 Å². The van der Waals surface area contributed by atoms with Gasteiger partial charge in [0.2, 0.25) is 0 Å². The highest BCUT2D eigenvalue weighted by Gasteiger charge is 2.34. The summed E-state index contributed by atoms with van der Waals surface area (Å²) in [5, 5.41) is 0. The molecule has 1 aromatic heterocycles. The van der Waals surface area contributed by atoms with Crippen molar-refractivity contribution in [3.05, 3.63) is 53.6 Å². The summed E-state index contributed by atoms with van der Waals surface area (Å²) < 4.78 is 39.2. The molecule has 0 saturated heterocycles. The molecule has 0 fully saturated rings. The molecule has 0 unspecified atom stereocenters. The molecule has 0 aliphatic rings. The summed E-state index contributed by atoms with van der Waals surface area (Å²) in [6, 6.07) is 10.7. The molecule has 0 aliphatic carbocycles. The second-order valence-corrected chi connectivity index (χ2v) is 4.65. The van der Waals surface area contributed by atoms with Crippen LogP contribution in [0.3, 0.4) is 0 Å². The van der Waals surface area contributed by atoms with E-state index in [0.717, 1.165) is 11.6 Å². The fraction of sp³-hybridized carbons (Fsp3) is 0.133. The lowest BCUT2D eigenvalue weighted by molar-refractivity contribution is -0.137. The predicted octanol–water partition coefficient (Wildman–Crippen LogP) is 3.71. The van der Waals surface area contributed by atoms with Gasteiger partial charge in [-0.05, 0) is 17.7 Å². The van der Waals surface area contributed by atoms with Gasteiger partial charge in [0.15, 0.2) is 0 Å². The third kappa shape index (κ3) is 2.38. The minimum Gasteiger partial charge on any atom is -0.338 e. The minimum atomic E-state index is -4.42. The molecule has 3 nitrogen and oxygen atoms in total. The number of H-pyrrole nitrogens is 1. The van der Waals surface area contributed by atoms with Crippen molar-refractivity contribution in [2.75, 3.05) is 0 Å². The summed E-state index contributed by atoms with van der Waals surface area (Å²) in [5.74, 6) is 0.193. The lowest BCUT2D eigenvalue weighted by Crippen LogP contribution is -2.07. The van der Waals surface area contributed by atoms with E-state index in [4.69, 9.17) is 5.73 Å². The number of rotatable bonds is 2. The van der Waals surface area contributed by atoms with E-state index in [2.05, 4.69) is 9.97 Å². The highest BCUT2D eigenvalue weighted by molar-refractivity contribution is 5.83. The van der Waals surface area contributed by atoms with Crippen molar-refractivity contribution < 1.29 is 13.2 Å². The van der Waals surface area contributed by atoms with Gasteiger partial charge >= 0.3 is 6.18 Å². The van der Waals surface area contributed by atoms with Gasteiger partial charge in [-0.3, -0.25) is 0 Å².